The smallest absolute Gasteiger partial charge is 0.326 e. The van der Waals surface area contributed by atoms with Crippen molar-refractivity contribution in [3.63, 3.8) is 0 Å². The number of carboxylic acids is 1. The number of aliphatic carboxylic acids is 1. The zero-order chi connectivity index (χ0) is 13.6. The van der Waals surface area contributed by atoms with Gasteiger partial charge in [-0.25, -0.2) is 14.5 Å². The van der Waals surface area contributed by atoms with Crippen LogP contribution in [0.1, 0.15) is 6.42 Å². The van der Waals surface area contributed by atoms with Crippen molar-refractivity contribution in [3.05, 3.63) is 34.6 Å². The van der Waals surface area contributed by atoms with E-state index in [-0.39, 0.29) is 5.82 Å². The highest BCUT2D eigenvalue weighted by atomic mass is 16.4. The van der Waals surface area contributed by atoms with Gasteiger partial charge in [0.05, 0.1) is 11.0 Å². The molecule has 3 N–H and O–H groups in total. The molecule has 0 bridgehead atoms. The Morgan fingerprint density at radius 3 is 2.79 bits per heavy atom. The molecule has 1 aliphatic heterocycles. The van der Waals surface area contributed by atoms with Crippen LogP contribution in [-0.4, -0.2) is 33.3 Å². The van der Waals surface area contributed by atoms with Gasteiger partial charge >= 0.3 is 11.5 Å². The molecule has 0 saturated carbocycles. The fraction of sp³-hybridized carbons (Fsp3) is 0.250. The molecule has 2 aromatic rings. The topological polar surface area (TPSA) is 101 Å². The summed E-state index contributed by atoms with van der Waals surface area (Å²) in [7, 11) is 0. The zero-order valence-corrected chi connectivity index (χ0v) is 9.98. The highest BCUT2D eigenvalue weighted by Crippen LogP contribution is 2.23. The molecule has 19 heavy (non-hydrogen) atoms. The number of nitrogen functional groups attached to an aromatic ring is 1. The van der Waals surface area contributed by atoms with Crippen LogP contribution in [0.15, 0.2) is 29.1 Å². The number of nitrogens with two attached hydrogens (primary N) is 1. The third kappa shape index (κ3) is 1.62. The minimum Gasteiger partial charge on any atom is -0.480 e. The molecular weight excluding hydrogens is 248 g/mol. The molecule has 0 unspecified atom stereocenters. The average molecular weight is 260 g/mol. The summed E-state index contributed by atoms with van der Waals surface area (Å²) >= 11 is 0. The van der Waals surface area contributed by atoms with Gasteiger partial charge in [0.2, 0.25) is 0 Å². The molecular formula is C12H12N4O3. The predicted molar refractivity (Wildman–Crippen MR) is 69.5 cm³/mol. The van der Waals surface area contributed by atoms with Crippen LogP contribution >= 0.6 is 0 Å². The molecule has 0 spiro atoms. The lowest BCUT2D eigenvalue weighted by Crippen LogP contribution is -2.55. The van der Waals surface area contributed by atoms with Crippen LogP contribution in [-0.2, 0) is 4.79 Å². The van der Waals surface area contributed by atoms with Crippen molar-refractivity contribution in [2.45, 2.75) is 12.5 Å². The van der Waals surface area contributed by atoms with Crippen LogP contribution < -0.4 is 16.3 Å². The number of nitrogens with zero attached hydrogens (tertiary/aromatic N) is 3. The van der Waals surface area contributed by atoms with Gasteiger partial charge in [0, 0.05) is 6.54 Å². The Balaban J connectivity index is 2.17. The van der Waals surface area contributed by atoms with E-state index in [9.17, 15) is 9.59 Å². The van der Waals surface area contributed by atoms with Crippen LogP contribution in [0.5, 0.6) is 0 Å². The highest BCUT2D eigenvalue weighted by molar-refractivity contribution is 5.81. The maximum atomic E-state index is 12.1. The van der Waals surface area contributed by atoms with Crippen molar-refractivity contribution in [1.29, 1.82) is 0 Å². The van der Waals surface area contributed by atoms with Gasteiger partial charge in [-0.15, -0.1) is 0 Å². The van der Waals surface area contributed by atoms with E-state index in [1.807, 2.05) is 0 Å². The van der Waals surface area contributed by atoms with Crippen LogP contribution in [0.2, 0.25) is 0 Å². The fourth-order valence-electron chi connectivity index (χ4n) is 2.23. The first-order valence-corrected chi connectivity index (χ1v) is 5.86. The number of benzene rings is 1. The fourth-order valence-corrected chi connectivity index (χ4v) is 2.23. The summed E-state index contributed by atoms with van der Waals surface area (Å²) < 4.78 is 1.01. The van der Waals surface area contributed by atoms with Gasteiger partial charge in [-0.05, 0) is 18.6 Å². The van der Waals surface area contributed by atoms with Crippen LogP contribution in [0.25, 0.3) is 11.0 Å². The number of anilines is 1. The predicted octanol–water partition coefficient (Wildman–Crippen LogP) is -0.226. The number of hydrogen-bond donors (Lipinski definition) is 2. The second kappa shape index (κ2) is 3.98. The third-order valence-electron chi connectivity index (χ3n) is 3.35. The van der Waals surface area contributed by atoms with Crippen LogP contribution in [0, 0.1) is 0 Å². The van der Waals surface area contributed by atoms with E-state index in [2.05, 4.69) is 4.98 Å². The monoisotopic (exact) mass is 260 g/mol. The second-order valence-corrected chi connectivity index (χ2v) is 4.44. The molecule has 1 aromatic heterocycles. The van der Waals surface area contributed by atoms with E-state index in [4.69, 9.17) is 10.9 Å². The Morgan fingerprint density at radius 1 is 1.42 bits per heavy atom. The normalized spacial score (nSPS) is 18.3. The van der Waals surface area contributed by atoms with Crippen LogP contribution in [0.3, 0.4) is 0 Å². The summed E-state index contributed by atoms with van der Waals surface area (Å²) in [4.78, 5) is 28.9. The lowest BCUT2D eigenvalue weighted by molar-refractivity contribution is -0.140. The first-order chi connectivity index (χ1) is 9.09. The Hall–Kier alpha value is -2.57. The first-order valence-electron chi connectivity index (χ1n) is 5.86. The third-order valence-corrected chi connectivity index (χ3v) is 3.35. The van der Waals surface area contributed by atoms with Crippen molar-refractivity contribution in [2.75, 3.05) is 17.3 Å². The van der Waals surface area contributed by atoms with Crippen molar-refractivity contribution in [2.24, 2.45) is 0 Å². The Kier molecular flexibility index (Phi) is 2.41. The van der Waals surface area contributed by atoms with Crippen molar-refractivity contribution >= 4 is 22.8 Å². The summed E-state index contributed by atoms with van der Waals surface area (Å²) in [6.07, 6.45) is 0.508. The molecule has 1 saturated heterocycles. The maximum absolute atomic E-state index is 12.1. The minimum absolute atomic E-state index is 0.0971. The quantitative estimate of drug-likeness (QED) is 0.723. The second-order valence-electron chi connectivity index (χ2n) is 4.44. The molecule has 3 rings (SSSR count). The van der Waals surface area contributed by atoms with E-state index in [1.54, 1.807) is 24.3 Å². The Bertz CT molecular complexity index is 724. The molecule has 1 aromatic carbocycles. The SMILES string of the molecule is Nn1c(=O)c(N2CC[C@@H]2C(=O)O)nc2ccccc21. The van der Waals surface area contributed by atoms with E-state index >= 15 is 0 Å². The van der Waals surface area contributed by atoms with Gasteiger partial charge < -0.3 is 15.8 Å². The lowest BCUT2D eigenvalue weighted by Gasteiger charge is -2.38. The molecule has 0 amide bonds. The molecule has 2 heterocycles. The lowest BCUT2D eigenvalue weighted by atomic mass is 10.0. The van der Waals surface area contributed by atoms with Crippen molar-refractivity contribution < 1.29 is 9.90 Å². The first kappa shape index (κ1) is 11.5. The van der Waals surface area contributed by atoms with E-state index in [0.29, 0.717) is 24.0 Å². The molecule has 1 atom stereocenters. The number of hydrogen-bond acceptors (Lipinski definition) is 5. The number of aromatic nitrogens is 2. The summed E-state index contributed by atoms with van der Waals surface area (Å²) in [5.41, 5.74) is 0.601. The number of carboxylic acid groups (broad SMARTS) is 1. The number of carbonyl (C=O) groups is 1. The standard InChI is InChI=1S/C12H12N4O3/c13-16-8-4-2-1-3-7(8)14-10(11(16)17)15-6-5-9(15)12(18)19/h1-4,9H,5-6,13H2,(H,18,19)/t9-/m1/s1. The minimum atomic E-state index is -0.954. The molecule has 98 valence electrons. The summed E-state index contributed by atoms with van der Waals surface area (Å²) in [5.74, 6) is 4.89. The average Bonchev–Trinajstić information content (AvgIpc) is 2.33. The van der Waals surface area contributed by atoms with E-state index < -0.39 is 17.6 Å². The highest BCUT2D eigenvalue weighted by Gasteiger charge is 2.36. The molecule has 7 heteroatoms. The van der Waals surface area contributed by atoms with E-state index in [1.165, 1.54) is 4.90 Å². The molecule has 1 aliphatic rings. The largest absolute Gasteiger partial charge is 0.480 e. The van der Waals surface area contributed by atoms with Gasteiger partial charge in [-0.2, -0.15) is 0 Å². The van der Waals surface area contributed by atoms with E-state index in [0.717, 1.165) is 4.68 Å². The Morgan fingerprint density at radius 2 is 2.16 bits per heavy atom. The number of rotatable bonds is 2. The van der Waals surface area contributed by atoms with Crippen molar-refractivity contribution in [1.82, 2.24) is 9.66 Å². The van der Waals surface area contributed by atoms with Crippen LogP contribution in [0.4, 0.5) is 5.82 Å². The Labute approximate surface area is 107 Å². The zero-order valence-electron chi connectivity index (χ0n) is 9.98. The van der Waals surface area contributed by atoms with Gasteiger partial charge in [0.1, 0.15) is 6.04 Å². The number of para-hydroxylation sites is 2. The summed E-state index contributed by atoms with van der Waals surface area (Å²) in [6, 6.07) is 6.28. The number of fused-ring (bicyclic) bond motifs is 1. The summed E-state index contributed by atoms with van der Waals surface area (Å²) in [5, 5.41) is 9.03. The van der Waals surface area contributed by atoms with Gasteiger partial charge in [0.25, 0.3) is 0 Å². The summed E-state index contributed by atoms with van der Waals surface area (Å²) in [6.45, 7) is 0.498. The van der Waals surface area contributed by atoms with Gasteiger partial charge in [-0.1, -0.05) is 12.1 Å². The molecule has 0 aliphatic carbocycles. The molecule has 1 fully saturated rings. The van der Waals surface area contributed by atoms with Crippen molar-refractivity contribution in [3.8, 4) is 0 Å². The maximum Gasteiger partial charge on any atom is 0.326 e. The van der Waals surface area contributed by atoms with Gasteiger partial charge in [0.15, 0.2) is 5.82 Å². The van der Waals surface area contributed by atoms with Gasteiger partial charge in [-0.3, -0.25) is 4.79 Å². The molecule has 7 nitrogen and oxygen atoms in total. The molecule has 0 radical (unpaired) electrons.